The zero-order valence-electron chi connectivity index (χ0n) is 27.4. The van der Waals surface area contributed by atoms with Gasteiger partial charge < -0.3 is 14.4 Å². The minimum atomic E-state index is -0.545. The summed E-state index contributed by atoms with van der Waals surface area (Å²) in [5.74, 6) is 2.52. The van der Waals surface area contributed by atoms with Crippen LogP contribution in [0.4, 0.5) is 4.79 Å². The van der Waals surface area contributed by atoms with Crippen LogP contribution in [0.3, 0.4) is 0 Å². The van der Waals surface area contributed by atoms with Crippen molar-refractivity contribution in [3.63, 3.8) is 0 Å². The maximum Gasteiger partial charge on any atom is 0.415 e. The number of esters is 1. The van der Waals surface area contributed by atoms with E-state index in [0.717, 1.165) is 61.7 Å². The van der Waals surface area contributed by atoms with E-state index < -0.39 is 11.5 Å². The molecular weight excluding hydrogens is 538 g/mol. The highest BCUT2D eigenvalue weighted by molar-refractivity contribution is 6.08. The van der Waals surface area contributed by atoms with Crippen molar-refractivity contribution in [2.24, 2.45) is 33.0 Å². The second-order valence-corrected chi connectivity index (χ2v) is 14.9. The molecular formula is C37H49NO5. The van der Waals surface area contributed by atoms with Crippen LogP contribution in [-0.2, 0) is 19.1 Å². The Morgan fingerprint density at radius 3 is 2.33 bits per heavy atom. The van der Waals surface area contributed by atoms with Gasteiger partial charge in [-0.2, -0.15) is 0 Å². The van der Waals surface area contributed by atoms with Crippen LogP contribution >= 0.6 is 0 Å². The first-order chi connectivity index (χ1) is 20.1. The number of allylic oxidation sites excluding steroid dienone is 7. The van der Waals surface area contributed by atoms with Gasteiger partial charge in [-0.3, -0.25) is 9.59 Å². The predicted molar refractivity (Wildman–Crippen MR) is 167 cm³/mol. The van der Waals surface area contributed by atoms with E-state index in [1.54, 1.807) is 11.0 Å². The van der Waals surface area contributed by atoms with Gasteiger partial charge in [0, 0.05) is 24.1 Å². The molecule has 0 heterocycles. The van der Waals surface area contributed by atoms with Crippen molar-refractivity contribution in [3.05, 3.63) is 46.3 Å². The van der Waals surface area contributed by atoms with Crippen LogP contribution in [0.5, 0.6) is 0 Å². The quantitative estimate of drug-likeness (QED) is 0.243. The molecule has 0 radical (unpaired) electrons. The molecule has 5 aliphatic rings. The van der Waals surface area contributed by atoms with Crippen molar-refractivity contribution in [1.82, 2.24) is 4.90 Å². The molecule has 6 atom stereocenters. The molecule has 3 fully saturated rings. The van der Waals surface area contributed by atoms with Crippen LogP contribution in [0.15, 0.2) is 46.3 Å². The lowest BCUT2D eigenvalue weighted by molar-refractivity contribution is -0.181. The molecule has 6 heteroatoms. The highest BCUT2D eigenvalue weighted by Crippen LogP contribution is 2.75. The summed E-state index contributed by atoms with van der Waals surface area (Å²) in [6.45, 7) is 18.4. The maximum absolute atomic E-state index is 13.5. The average Bonchev–Trinajstić information content (AvgIpc) is 2.97. The van der Waals surface area contributed by atoms with E-state index >= 15 is 0 Å². The smallest absolute Gasteiger partial charge is 0.415 e. The van der Waals surface area contributed by atoms with Crippen LogP contribution in [-0.4, -0.2) is 42.4 Å². The van der Waals surface area contributed by atoms with Gasteiger partial charge in [-0.15, -0.1) is 6.42 Å². The first kappa shape index (κ1) is 31.4. The number of fused-ring (bicyclic) bond motifs is 7. The van der Waals surface area contributed by atoms with Crippen LogP contribution in [0.25, 0.3) is 0 Å². The second-order valence-electron chi connectivity index (χ2n) is 14.9. The summed E-state index contributed by atoms with van der Waals surface area (Å²) >= 11 is 0. The summed E-state index contributed by atoms with van der Waals surface area (Å²) in [5.41, 5.74) is 3.31. The Bertz CT molecular complexity index is 1420. The van der Waals surface area contributed by atoms with Crippen LogP contribution in [0.1, 0.15) is 100 Å². The number of amides is 1. The Balaban J connectivity index is 1.53. The number of hydrogen-bond acceptors (Lipinski definition) is 5. The summed E-state index contributed by atoms with van der Waals surface area (Å²) in [4.78, 5) is 41.1. The van der Waals surface area contributed by atoms with Crippen LogP contribution in [0, 0.1) is 45.3 Å². The van der Waals surface area contributed by atoms with Crippen molar-refractivity contribution >= 4 is 17.8 Å². The SMILES string of the molecule is C#CCOC(=O)[C@]1(C)CC[C@]2(C)CC[C@]3(C)C4=CC=C5C(=CC(=O)C(OC(=O)N(CC)CC)=C5C)[C@]4(C)CC[C@@]3(C)[C@@H]2C1. The summed E-state index contributed by atoms with van der Waals surface area (Å²) in [7, 11) is 0. The average molecular weight is 588 g/mol. The topological polar surface area (TPSA) is 72.9 Å². The number of ether oxygens (including phenoxy) is 2. The molecule has 1 amide bonds. The van der Waals surface area contributed by atoms with E-state index in [1.165, 1.54) is 5.57 Å². The molecule has 0 aromatic heterocycles. The van der Waals surface area contributed by atoms with Crippen molar-refractivity contribution in [3.8, 4) is 12.3 Å². The van der Waals surface area contributed by atoms with Gasteiger partial charge in [0.1, 0.15) is 0 Å². The molecule has 0 aromatic rings. The van der Waals surface area contributed by atoms with Gasteiger partial charge in [0.05, 0.1) is 5.41 Å². The maximum atomic E-state index is 13.5. The van der Waals surface area contributed by atoms with Crippen molar-refractivity contribution in [2.75, 3.05) is 19.7 Å². The van der Waals surface area contributed by atoms with Gasteiger partial charge in [0.2, 0.25) is 5.78 Å². The minimum absolute atomic E-state index is 0.0172. The Morgan fingerprint density at radius 2 is 1.67 bits per heavy atom. The van der Waals surface area contributed by atoms with Crippen molar-refractivity contribution < 1.29 is 23.9 Å². The fraction of sp³-hybridized carbons (Fsp3) is 0.649. The lowest BCUT2D eigenvalue weighted by atomic mass is 9.34. The monoisotopic (exact) mass is 587 g/mol. The first-order valence-corrected chi connectivity index (χ1v) is 16.1. The number of nitrogens with zero attached hydrogens (tertiary/aromatic N) is 1. The Hall–Kier alpha value is -3.07. The molecule has 0 N–H and O–H groups in total. The summed E-state index contributed by atoms with van der Waals surface area (Å²) in [5, 5.41) is 0. The molecule has 0 spiro atoms. The highest BCUT2D eigenvalue weighted by Gasteiger charge is 2.67. The molecule has 6 nitrogen and oxygen atoms in total. The number of carbonyl (C=O) groups excluding carboxylic acids is 3. The van der Waals surface area contributed by atoms with E-state index in [9.17, 15) is 14.4 Å². The number of rotatable bonds is 5. The third-order valence-electron chi connectivity index (χ3n) is 12.8. The molecule has 0 aromatic carbocycles. The van der Waals surface area contributed by atoms with Crippen molar-refractivity contribution in [2.45, 2.75) is 100 Å². The molecule has 0 unspecified atom stereocenters. The van der Waals surface area contributed by atoms with E-state index in [1.807, 2.05) is 20.8 Å². The highest BCUT2D eigenvalue weighted by atomic mass is 16.6. The Morgan fingerprint density at radius 1 is 1.00 bits per heavy atom. The molecule has 43 heavy (non-hydrogen) atoms. The van der Waals surface area contributed by atoms with Crippen LogP contribution < -0.4 is 0 Å². The molecule has 5 rings (SSSR count). The van der Waals surface area contributed by atoms with Crippen LogP contribution in [0.2, 0.25) is 0 Å². The van der Waals surface area contributed by atoms with Gasteiger partial charge >= 0.3 is 12.1 Å². The van der Waals surface area contributed by atoms with Gasteiger partial charge in [-0.05, 0) is 112 Å². The molecule has 3 saturated carbocycles. The van der Waals surface area contributed by atoms with Gasteiger partial charge in [0.15, 0.2) is 12.4 Å². The van der Waals surface area contributed by atoms with E-state index in [-0.39, 0.29) is 45.8 Å². The van der Waals surface area contributed by atoms with E-state index in [2.05, 4.69) is 52.7 Å². The van der Waals surface area contributed by atoms with Gasteiger partial charge in [-0.1, -0.05) is 51.3 Å². The van der Waals surface area contributed by atoms with E-state index in [4.69, 9.17) is 15.9 Å². The number of terminal acetylenes is 1. The standard InChI is InChI=1S/C37H49NO5/c1-10-21-42-31(40)34(6)16-15-33(5)17-19-36(8)28-14-13-25-24(4)30(43-32(41)38(11-2)12-3)27(39)22-26(25)35(28,7)18-20-37(36,9)29(33)23-34/h1,13-14,22,29H,11-12,15-21,23H2,2-9H3/t29-,33-,34-,35+,36-,37+/m1/s1. The fourth-order valence-corrected chi connectivity index (χ4v) is 9.68. The summed E-state index contributed by atoms with van der Waals surface area (Å²) < 4.78 is 11.2. The van der Waals surface area contributed by atoms with Gasteiger partial charge in [0.25, 0.3) is 0 Å². The lowest BCUT2D eigenvalue weighted by Crippen LogP contribution is -2.62. The molecule has 0 saturated heterocycles. The second kappa shape index (κ2) is 10.5. The zero-order chi connectivity index (χ0) is 31.6. The number of hydrogen-bond donors (Lipinski definition) is 0. The minimum Gasteiger partial charge on any atom is -0.452 e. The van der Waals surface area contributed by atoms with Gasteiger partial charge in [-0.25, -0.2) is 4.79 Å². The molecule has 0 aliphatic heterocycles. The summed E-state index contributed by atoms with van der Waals surface area (Å²) in [6.07, 6.45) is 17.8. The zero-order valence-corrected chi connectivity index (χ0v) is 27.4. The Kier molecular flexibility index (Phi) is 7.68. The molecule has 232 valence electrons. The fourth-order valence-electron chi connectivity index (χ4n) is 9.68. The number of carbonyl (C=O) groups is 3. The van der Waals surface area contributed by atoms with Crippen molar-refractivity contribution in [1.29, 1.82) is 0 Å². The Labute approximate surface area is 258 Å². The molecule has 5 aliphatic carbocycles. The third kappa shape index (κ3) is 4.47. The van der Waals surface area contributed by atoms with E-state index in [0.29, 0.717) is 19.0 Å². The molecule has 0 bridgehead atoms. The normalized spacial score (nSPS) is 38.2. The third-order valence-corrected chi connectivity index (χ3v) is 12.8. The largest absolute Gasteiger partial charge is 0.452 e. The first-order valence-electron chi connectivity index (χ1n) is 16.1. The number of ketones is 1. The summed E-state index contributed by atoms with van der Waals surface area (Å²) in [6, 6.07) is 0. The lowest BCUT2D eigenvalue weighted by Gasteiger charge is -2.70. The predicted octanol–water partition coefficient (Wildman–Crippen LogP) is 7.71.